The topological polar surface area (TPSA) is 93.2 Å². The molecule has 0 aliphatic carbocycles. The number of nitriles is 1. The molecule has 7 heteroatoms. The Bertz CT molecular complexity index is 783. The van der Waals surface area contributed by atoms with E-state index in [1.807, 2.05) is 6.07 Å². The van der Waals surface area contributed by atoms with E-state index in [0.717, 1.165) is 0 Å². The number of nitrogens with zero attached hydrogens (tertiary/aromatic N) is 2. The Hall–Kier alpha value is -2.85. The normalized spacial score (nSPS) is 9.82. The van der Waals surface area contributed by atoms with Crippen molar-refractivity contribution in [3.63, 3.8) is 0 Å². The minimum Gasteiger partial charge on any atom is -0.422 e. The number of benzene rings is 2. The number of carbonyl (C=O) groups is 1. The molecule has 0 aromatic heterocycles. The molecule has 0 radical (unpaired) electrons. The summed E-state index contributed by atoms with van der Waals surface area (Å²) in [5.41, 5.74) is 0.110. The van der Waals surface area contributed by atoms with Gasteiger partial charge in [0.05, 0.1) is 20.9 Å². The van der Waals surface area contributed by atoms with E-state index < -0.39 is 10.9 Å². The fourth-order valence-corrected chi connectivity index (χ4v) is 2.31. The maximum atomic E-state index is 12.1. The van der Waals surface area contributed by atoms with E-state index in [4.69, 9.17) is 10.00 Å². The first-order valence-electron chi connectivity index (χ1n) is 6.10. The van der Waals surface area contributed by atoms with Crippen molar-refractivity contribution in [3.05, 3.63) is 63.7 Å². The minimum atomic E-state index is -0.751. The van der Waals surface area contributed by atoms with Gasteiger partial charge in [0.1, 0.15) is 11.8 Å². The molecule has 0 unspecified atom stereocenters. The summed E-state index contributed by atoms with van der Waals surface area (Å²) in [6, 6.07) is 12.3. The third kappa shape index (κ3) is 3.24. The summed E-state index contributed by atoms with van der Waals surface area (Å²) in [7, 11) is 0. The zero-order chi connectivity index (χ0) is 16.1. The van der Waals surface area contributed by atoms with Crippen molar-refractivity contribution in [1.82, 2.24) is 0 Å². The highest BCUT2D eigenvalue weighted by molar-refractivity contribution is 7.98. The summed E-state index contributed by atoms with van der Waals surface area (Å²) in [4.78, 5) is 23.0. The van der Waals surface area contributed by atoms with Crippen LogP contribution in [-0.4, -0.2) is 17.1 Å². The number of esters is 1. The molecule has 0 fully saturated rings. The summed E-state index contributed by atoms with van der Waals surface area (Å²) in [5.74, 6) is -0.634. The van der Waals surface area contributed by atoms with Crippen molar-refractivity contribution in [2.75, 3.05) is 6.26 Å². The van der Waals surface area contributed by atoms with Crippen molar-refractivity contribution >= 4 is 23.4 Å². The van der Waals surface area contributed by atoms with E-state index in [0.29, 0.717) is 4.90 Å². The summed E-state index contributed by atoms with van der Waals surface area (Å²) in [5, 5.41) is 20.0. The molecule has 0 N–H and O–H groups in total. The van der Waals surface area contributed by atoms with Gasteiger partial charge in [0.2, 0.25) is 0 Å². The van der Waals surface area contributed by atoms with Gasteiger partial charge in [-0.1, -0.05) is 12.1 Å². The number of thioether (sulfide) groups is 1. The van der Waals surface area contributed by atoms with Gasteiger partial charge in [-0.05, 0) is 30.5 Å². The van der Waals surface area contributed by atoms with Gasteiger partial charge in [-0.3, -0.25) is 10.1 Å². The number of hydrogen-bond donors (Lipinski definition) is 0. The summed E-state index contributed by atoms with van der Waals surface area (Å²) in [6.07, 6.45) is 1.71. The fourth-order valence-electron chi connectivity index (χ4n) is 1.77. The van der Waals surface area contributed by atoms with Crippen LogP contribution in [0.5, 0.6) is 5.75 Å². The second kappa shape index (κ2) is 6.74. The molecule has 6 nitrogen and oxygen atoms in total. The van der Waals surface area contributed by atoms with Gasteiger partial charge in [0.25, 0.3) is 5.69 Å². The molecule has 0 heterocycles. The Kier molecular flexibility index (Phi) is 4.76. The van der Waals surface area contributed by atoms with Gasteiger partial charge < -0.3 is 4.74 Å². The van der Waals surface area contributed by atoms with E-state index in [1.165, 1.54) is 42.1 Å². The van der Waals surface area contributed by atoms with Crippen LogP contribution in [-0.2, 0) is 0 Å². The predicted molar refractivity (Wildman–Crippen MR) is 81.0 cm³/mol. The largest absolute Gasteiger partial charge is 0.422 e. The molecule has 110 valence electrons. The number of nitro benzene ring substituents is 1. The predicted octanol–water partition coefficient (Wildman–Crippen LogP) is 3.41. The van der Waals surface area contributed by atoms with Crippen LogP contribution in [0.15, 0.2) is 47.4 Å². The monoisotopic (exact) mass is 314 g/mol. The van der Waals surface area contributed by atoms with Crippen molar-refractivity contribution in [3.8, 4) is 11.8 Å². The Morgan fingerprint density at radius 1 is 1.32 bits per heavy atom. The zero-order valence-corrected chi connectivity index (χ0v) is 12.3. The lowest BCUT2D eigenvalue weighted by molar-refractivity contribution is -0.387. The van der Waals surface area contributed by atoms with Crippen LogP contribution < -0.4 is 4.74 Å². The molecule has 2 aromatic rings. The molecule has 0 amide bonds. The highest BCUT2D eigenvalue weighted by Crippen LogP contribution is 2.29. The molecule has 0 bridgehead atoms. The highest BCUT2D eigenvalue weighted by atomic mass is 32.2. The number of hydrogen-bond acceptors (Lipinski definition) is 6. The van der Waals surface area contributed by atoms with E-state index >= 15 is 0 Å². The van der Waals surface area contributed by atoms with Gasteiger partial charge in [0, 0.05) is 6.07 Å². The van der Waals surface area contributed by atoms with Gasteiger partial charge in [-0.15, -0.1) is 11.8 Å². The number of para-hydroxylation sites is 1. The van der Waals surface area contributed by atoms with Crippen LogP contribution in [0.2, 0.25) is 0 Å². The summed E-state index contributed by atoms with van der Waals surface area (Å²) >= 11 is 1.22. The maximum absolute atomic E-state index is 12.1. The Morgan fingerprint density at radius 2 is 2.05 bits per heavy atom. The van der Waals surface area contributed by atoms with Gasteiger partial charge in [0.15, 0.2) is 0 Å². The van der Waals surface area contributed by atoms with Crippen molar-refractivity contribution in [1.29, 1.82) is 5.26 Å². The second-order valence-corrected chi connectivity index (χ2v) is 4.99. The maximum Gasteiger partial charge on any atom is 0.343 e. The number of carbonyl (C=O) groups excluding carboxylic acids is 1. The summed E-state index contributed by atoms with van der Waals surface area (Å²) < 4.78 is 5.14. The van der Waals surface area contributed by atoms with Crippen LogP contribution >= 0.6 is 11.8 Å². The Morgan fingerprint density at radius 3 is 2.68 bits per heavy atom. The van der Waals surface area contributed by atoms with Crippen molar-refractivity contribution < 1.29 is 14.5 Å². The molecule has 2 aromatic carbocycles. The van der Waals surface area contributed by atoms with E-state index in [2.05, 4.69) is 0 Å². The van der Waals surface area contributed by atoms with Crippen LogP contribution in [0.4, 0.5) is 5.69 Å². The van der Waals surface area contributed by atoms with E-state index in [1.54, 1.807) is 18.4 Å². The standard InChI is InChI=1S/C15H10N2O4S/c1-22-14-7-6-10(8-12(14)17(19)20)15(18)21-13-5-3-2-4-11(13)9-16/h2-8H,1H3. The molecule has 0 saturated heterocycles. The van der Waals surface area contributed by atoms with Gasteiger partial charge in [-0.2, -0.15) is 5.26 Å². The first-order chi connectivity index (χ1) is 10.6. The van der Waals surface area contributed by atoms with Crippen molar-refractivity contribution in [2.45, 2.75) is 4.90 Å². The molecular weight excluding hydrogens is 304 g/mol. The van der Waals surface area contributed by atoms with E-state index in [9.17, 15) is 14.9 Å². The lowest BCUT2D eigenvalue weighted by Crippen LogP contribution is -2.10. The third-order valence-electron chi connectivity index (χ3n) is 2.82. The van der Waals surface area contributed by atoms with Crippen LogP contribution in [0.1, 0.15) is 15.9 Å². The number of rotatable bonds is 4. The molecule has 0 aliphatic heterocycles. The molecule has 0 spiro atoms. The molecule has 22 heavy (non-hydrogen) atoms. The first-order valence-corrected chi connectivity index (χ1v) is 7.33. The van der Waals surface area contributed by atoms with Crippen LogP contribution in [0, 0.1) is 21.4 Å². The highest BCUT2D eigenvalue weighted by Gasteiger charge is 2.19. The van der Waals surface area contributed by atoms with Gasteiger partial charge >= 0.3 is 5.97 Å². The average Bonchev–Trinajstić information content (AvgIpc) is 2.54. The van der Waals surface area contributed by atoms with Crippen molar-refractivity contribution in [2.24, 2.45) is 0 Å². The lowest BCUT2D eigenvalue weighted by atomic mass is 10.2. The van der Waals surface area contributed by atoms with Gasteiger partial charge in [-0.25, -0.2) is 4.79 Å². The third-order valence-corrected chi connectivity index (χ3v) is 3.61. The lowest BCUT2D eigenvalue weighted by Gasteiger charge is -2.06. The molecule has 0 aliphatic rings. The molecule has 0 atom stereocenters. The van der Waals surface area contributed by atoms with Crippen LogP contribution in [0.25, 0.3) is 0 Å². The Balaban J connectivity index is 2.32. The zero-order valence-electron chi connectivity index (χ0n) is 11.5. The molecular formula is C15H10N2O4S. The average molecular weight is 314 g/mol. The van der Waals surface area contributed by atoms with Crippen LogP contribution in [0.3, 0.4) is 0 Å². The van der Waals surface area contributed by atoms with E-state index in [-0.39, 0.29) is 22.6 Å². The fraction of sp³-hybridized carbons (Fsp3) is 0.0667. The summed E-state index contributed by atoms with van der Waals surface area (Å²) in [6.45, 7) is 0. The Labute approximate surface area is 130 Å². The number of nitro groups is 1. The molecule has 0 saturated carbocycles. The second-order valence-electron chi connectivity index (χ2n) is 4.14. The SMILES string of the molecule is CSc1ccc(C(=O)Oc2ccccc2C#N)cc1[N+](=O)[O-]. The smallest absolute Gasteiger partial charge is 0.343 e. The quantitative estimate of drug-likeness (QED) is 0.282. The first kappa shape index (κ1) is 15.5. The minimum absolute atomic E-state index is 0.0530. The number of ether oxygens (including phenoxy) is 1. The molecule has 2 rings (SSSR count).